The van der Waals surface area contributed by atoms with E-state index in [1.807, 2.05) is 10.8 Å². The largest absolute Gasteiger partial charge is 0.409 e. The minimum absolute atomic E-state index is 0.273. The lowest BCUT2D eigenvalue weighted by atomic mass is 10.3. The van der Waals surface area contributed by atoms with Crippen molar-refractivity contribution in [2.75, 3.05) is 0 Å². The molecule has 0 fully saturated rings. The van der Waals surface area contributed by atoms with Crippen LogP contribution in [0.3, 0.4) is 0 Å². The highest BCUT2D eigenvalue weighted by molar-refractivity contribution is 5.79. The molecule has 0 saturated heterocycles. The topological polar surface area (TPSA) is 76.4 Å². The third kappa shape index (κ3) is 2.61. The standard InChI is InChI=1S/C7H12N4O/c8-7(10-12)2-1-4-11-5-3-9-6-11/h3,5-6,12H,1-2,4H2,(H2,8,10). The first-order chi connectivity index (χ1) is 5.83. The van der Waals surface area contributed by atoms with Crippen molar-refractivity contribution >= 4 is 5.84 Å². The van der Waals surface area contributed by atoms with Gasteiger partial charge in [0.2, 0.25) is 0 Å². The molecule has 0 aliphatic heterocycles. The van der Waals surface area contributed by atoms with Crippen LogP contribution >= 0.6 is 0 Å². The van der Waals surface area contributed by atoms with Crippen molar-refractivity contribution in [3.05, 3.63) is 18.7 Å². The van der Waals surface area contributed by atoms with Gasteiger partial charge in [0.1, 0.15) is 5.84 Å². The molecule has 5 nitrogen and oxygen atoms in total. The highest BCUT2D eigenvalue weighted by atomic mass is 16.4. The van der Waals surface area contributed by atoms with Gasteiger partial charge in [-0.1, -0.05) is 5.16 Å². The molecule has 5 heteroatoms. The lowest BCUT2D eigenvalue weighted by Gasteiger charge is -1.99. The maximum Gasteiger partial charge on any atom is 0.139 e. The van der Waals surface area contributed by atoms with Crippen molar-refractivity contribution in [2.45, 2.75) is 19.4 Å². The minimum atomic E-state index is 0.273. The fraction of sp³-hybridized carbons (Fsp3) is 0.429. The molecule has 66 valence electrons. The average molecular weight is 168 g/mol. The Bertz CT molecular complexity index is 242. The minimum Gasteiger partial charge on any atom is -0.409 e. The Morgan fingerprint density at radius 2 is 2.50 bits per heavy atom. The number of hydrogen-bond donors (Lipinski definition) is 2. The third-order valence-electron chi connectivity index (χ3n) is 1.54. The number of aryl methyl sites for hydroxylation is 1. The average Bonchev–Trinajstić information content (AvgIpc) is 2.57. The molecule has 0 spiro atoms. The number of rotatable bonds is 4. The number of amidine groups is 1. The summed E-state index contributed by atoms with van der Waals surface area (Å²) in [5, 5.41) is 11.1. The van der Waals surface area contributed by atoms with E-state index in [9.17, 15) is 0 Å². The number of imidazole rings is 1. The van der Waals surface area contributed by atoms with Crippen LogP contribution < -0.4 is 5.73 Å². The number of nitrogens with two attached hydrogens (primary N) is 1. The molecule has 0 bridgehead atoms. The summed E-state index contributed by atoms with van der Waals surface area (Å²) in [5.74, 6) is 0.273. The van der Waals surface area contributed by atoms with Crippen LogP contribution in [0.1, 0.15) is 12.8 Å². The van der Waals surface area contributed by atoms with Gasteiger partial charge in [0.05, 0.1) is 6.33 Å². The van der Waals surface area contributed by atoms with Crippen LogP contribution in [0.2, 0.25) is 0 Å². The molecular formula is C7H12N4O. The van der Waals surface area contributed by atoms with Crippen molar-refractivity contribution in [2.24, 2.45) is 10.9 Å². The normalized spacial score (nSPS) is 11.8. The second kappa shape index (κ2) is 4.38. The van der Waals surface area contributed by atoms with Crippen LogP contribution in [0.5, 0.6) is 0 Å². The van der Waals surface area contributed by atoms with Crippen LogP contribution in [-0.4, -0.2) is 20.6 Å². The predicted octanol–water partition coefficient (Wildman–Crippen LogP) is 0.410. The van der Waals surface area contributed by atoms with Crippen molar-refractivity contribution in [3.8, 4) is 0 Å². The Hall–Kier alpha value is -1.52. The zero-order valence-electron chi connectivity index (χ0n) is 6.72. The Morgan fingerprint density at radius 3 is 3.08 bits per heavy atom. The number of hydrogen-bond acceptors (Lipinski definition) is 3. The quantitative estimate of drug-likeness (QED) is 0.296. The van der Waals surface area contributed by atoms with Gasteiger partial charge in [-0.05, 0) is 6.42 Å². The fourth-order valence-corrected chi connectivity index (χ4v) is 0.912. The van der Waals surface area contributed by atoms with E-state index in [2.05, 4.69) is 10.1 Å². The molecule has 3 N–H and O–H groups in total. The summed E-state index contributed by atoms with van der Waals surface area (Å²) in [6, 6.07) is 0. The van der Waals surface area contributed by atoms with Gasteiger partial charge in [-0.2, -0.15) is 0 Å². The molecule has 0 atom stereocenters. The van der Waals surface area contributed by atoms with E-state index in [0.717, 1.165) is 13.0 Å². The van der Waals surface area contributed by atoms with E-state index in [-0.39, 0.29) is 5.84 Å². The van der Waals surface area contributed by atoms with E-state index in [4.69, 9.17) is 10.9 Å². The van der Waals surface area contributed by atoms with E-state index >= 15 is 0 Å². The Balaban J connectivity index is 2.19. The lowest BCUT2D eigenvalue weighted by molar-refractivity contribution is 0.316. The Morgan fingerprint density at radius 1 is 1.67 bits per heavy atom. The molecule has 0 unspecified atom stereocenters. The highest BCUT2D eigenvalue weighted by Gasteiger charge is 1.93. The fourth-order valence-electron chi connectivity index (χ4n) is 0.912. The molecule has 1 aromatic heterocycles. The summed E-state index contributed by atoms with van der Waals surface area (Å²) in [7, 11) is 0. The Labute approximate surface area is 70.5 Å². The summed E-state index contributed by atoms with van der Waals surface area (Å²) in [5.41, 5.74) is 5.29. The first kappa shape index (κ1) is 8.58. The third-order valence-corrected chi connectivity index (χ3v) is 1.54. The summed E-state index contributed by atoms with van der Waals surface area (Å²) in [4.78, 5) is 3.89. The van der Waals surface area contributed by atoms with Gasteiger partial charge in [-0.25, -0.2) is 4.98 Å². The molecule has 0 amide bonds. The van der Waals surface area contributed by atoms with E-state index in [1.54, 1.807) is 12.5 Å². The van der Waals surface area contributed by atoms with Crippen molar-refractivity contribution in [1.82, 2.24) is 9.55 Å². The van der Waals surface area contributed by atoms with Gasteiger partial charge in [0.25, 0.3) is 0 Å². The van der Waals surface area contributed by atoms with Crippen LogP contribution in [0.4, 0.5) is 0 Å². The van der Waals surface area contributed by atoms with Gasteiger partial charge in [-0.15, -0.1) is 0 Å². The van der Waals surface area contributed by atoms with E-state index in [0.29, 0.717) is 6.42 Å². The smallest absolute Gasteiger partial charge is 0.139 e. The molecule has 1 aromatic rings. The lowest BCUT2D eigenvalue weighted by Crippen LogP contribution is -2.12. The molecule has 1 heterocycles. The van der Waals surface area contributed by atoms with Crippen LogP contribution in [0.15, 0.2) is 23.9 Å². The number of nitrogens with zero attached hydrogens (tertiary/aromatic N) is 3. The number of aromatic nitrogens is 2. The van der Waals surface area contributed by atoms with Gasteiger partial charge in [0.15, 0.2) is 0 Å². The maximum absolute atomic E-state index is 8.24. The second-order valence-electron chi connectivity index (χ2n) is 2.50. The van der Waals surface area contributed by atoms with Crippen molar-refractivity contribution < 1.29 is 5.21 Å². The van der Waals surface area contributed by atoms with Gasteiger partial charge in [0, 0.05) is 25.4 Å². The molecule has 0 aliphatic carbocycles. The number of oxime groups is 1. The monoisotopic (exact) mass is 168 g/mol. The summed E-state index contributed by atoms with van der Waals surface area (Å²) >= 11 is 0. The molecule has 1 rings (SSSR count). The first-order valence-electron chi connectivity index (χ1n) is 3.75. The predicted molar refractivity (Wildman–Crippen MR) is 44.9 cm³/mol. The second-order valence-corrected chi connectivity index (χ2v) is 2.50. The van der Waals surface area contributed by atoms with Crippen molar-refractivity contribution in [1.29, 1.82) is 0 Å². The molecule has 12 heavy (non-hydrogen) atoms. The van der Waals surface area contributed by atoms with E-state index < -0.39 is 0 Å². The molecule has 0 aliphatic rings. The molecule has 0 radical (unpaired) electrons. The molecular weight excluding hydrogens is 156 g/mol. The van der Waals surface area contributed by atoms with Crippen LogP contribution in [-0.2, 0) is 6.54 Å². The summed E-state index contributed by atoms with van der Waals surface area (Å²) in [6.45, 7) is 0.843. The van der Waals surface area contributed by atoms with Crippen LogP contribution in [0, 0.1) is 0 Å². The molecule has 0 saturated carbocycles. The van der Waals surface area contributed by atoms with Crippen molar-refractivity contribution in [3.63, 3.8) is 0 Å². The van der Waals surface area contributed by atoms with Gasteiger partial charge in [-0.3, -0.25) is 0 Å². The maximum atomic E-state index is 8.24. The molecule has 0 aromatic carbocycles. The summed E-state index contributed by atoms with van der Waals surface area (Å²) in [6.07, 6.45) is 6.81. The zero-order valence-corrected chi connectivity index (χ0v) is 6.72. The Kier molecular flexibility index (Phi) is 3.13. The summed E-state index contributed by atoms with van der Waals surface area (Å²) < 4.78 is 1.95. The van der Waals surface area contributed by atoms with Gasteiger partial charge >= 0.3 is 0 Å². The first-order valence-corrected chi connectivity index (χ1v) is 3.75. The SMILES string of the molecule is N/C(CCCn1ccnc1)=N\O. The van der Waals surface area contributed by atoms with E-state index in [1.165, 1.54) is 0 Å². The zero-order chi connectivity index (χ0) is 8.81. The highest BCUT2D eigenvalue weighted by Crippen LogP contribution is 1.94. The van der Waals surface area contributed by atoms with Gasteiger partial charge < -0.3 is 15.5 Å². The van der Waals surface area contributed by atoms with Crippen LogP contribution in [0.25, 0.3) is 0 Å².